The highest BCUT2D eigenvalue weighted by atomic mass is 31.2. The Morgan fingerprint density at radius 3 is 2.14 bits per heavy atom. The molecule has 0 radical (unpaired) electrons. The molecule has 2 aliphatic heterocycles. The summed E-state index contributed by atoms with van der Waals surface area (Å²) < 4.78 is 35.4. The quantitative estimate of drug-likeness (QED) is 0.0792. The van der Waals surface area contributed by atoms with Crippen molar-refractivity contribution >= 4 is 36.8 Å². The molecule has 2 unspecified atom stereocenters. The predicted octanol–water partition coefficient (Wildman–Crippen LogP) is -4.30. The molecule has 2 amide bonds. The zero-order valence-corrected chi connectivity index (χ0v) is 25.9. The third-order valence-corrected chi connectivity index (χ3v) is 8.45. The van der Waals surface area contributed by atoms with Gasteiger partial charge in [0.05, 0.1) is 25.6 Å². The molecule has 3 aromatic rings. The zero-order valence-electron chi connectivity index (χ0n) is 25.0. The van der Waals surface area contributed by atoms with E-state index in [-0.39, 0.29) is 17.0 Å². The fourth-order valence-corrected chi connectivity index (χ4v) is 5.74. The van der Waals surface area contributed by atoms with Crippen LogP contribution >= 0.6 is 7.82 Å². The number of nitrogens with one attached hydrogen (secondary N) is 3. The molecule has 0 aliphatic carbocycles. The molecule has 25 heteroatoms. The maximum absolute atomic E-state index is 12.6. The minimum absolute atomic E-state index is 0.0238. The van der Waals surface area contributed by atoms with E-state index >= 15 is 0 Å². The van der Waals surface area contributed by atoms with Crippen molar-refractivity contribution in [2.75, 3.05) is 18.5 Å². The maximum atomic E-state index is 12.6. The summed E-state index contributed by atoms with van der Waals surface area (Å²) in [4.78, 5) is 71.2. The third kappa shape index (κ3) is 7.68. The molecule has 0 bridgehead atoms. The van der Waals surface area contributed by atoms with Gasteiger partial charge in [0.2, 0.25) is 0 Å². The molecule has 3 aromatic heterocycles. The number of rotatable bonds is 12. The van der Waals surface area contributed by atoms with Crippen LogP contribution in [0.5, 0.6) is 0 Å². The summed E-state index contributed by atoms with van der Waals surface area (Å²) >= 11 is 0. The van der Waals surface area contributed by atoms with Gasteiger partial charge in [0.25, 0.3) is 5.56 Å². The molecule has 268 valence electrons. The number of aliphatic hydroxyl groups excluding tert-OH is 5. The first-order valence-electron chi connectivity index (χ1n) is 14.2. The Balaban J connectivity index is 1.19. The maximum Gasteiger partial charge on any atom is 0.472 e. The Kier molecular flexibility index (Phi) is 10.6. The lowest BCUT2D eigenvalue weighted by molar-refractivity contribution is -0.141. The van der Waals surface area contributed by atoms with Gasteiger partial charge >= 0.3 is 25.5 Å². The first kappa shape index (κ1) is 36.1. The summed E-state index contributed by atoms with van der Waals surface area (Å²) in [6.45, 7) is -0.459. The Morgan fingerprint density at radius 2 is 1.59 bits per heavy atom. The molecule has 49 heavy (non-hydrogen) atoms. The van der Waals surface area contributed by atoms with Crippen molar-refractivity contribution in [1.29, 1.82) is 0 Å². The van der Waals surface area contributed by atoms with Gasteiger partial charge in [0.15, 0.2) is 35.5 Å². The number of aliphatic carboxylic acids is 1. The number of carboxylic acid groups (broad SMARTS) is 1. The smallest absolute Gasteiger partial charge is 0.472 e. The number of phosphoric acid groups is 1. The second-order valence-corrected chi connectivity index (χ2v) is 12.3. The van der Waals surface area contributed by atoms with Crippen molar-refractivity contribution in [3.63, 3.8) is 0 Å². The molecule has 5 heterocycles. The normalized spacial score (nSPS) is 29.4. The third-order valence-electron chi connectivity index (χ3n) is 7.50. The molecule has 2 fully saturated rings. The minimum atomic E-state index is -4.96. The minimum Gasteiger partial charge on any atom is -0.480 e. The van der Waals surface area contributed by atoms with Gasteiger partial charge in [0, 0.05) is 12.3 Å². The van der Waals surface area contributed by atoms with Crippen LogP contribution in [0.2, 0.25) is 0 Å². The van der Waals surface area contributed by atoms with E-state index in [1.165, 1.54) is 0 Å². The summed E-state index contributed by atoms with van der Waals surface area (Å²) in [6, 6.07) is -1.71. The van der Waals surface area contributed by atoms with Crippen LogP contribution in [0.4, 0.5) is 10.6 Å². The molecular formula is C24H31N8O16P. The highest BCUT2D eigenvalue weighted by Gasteiger charge is 2.47. The predicted molar refractivity (Wildman–Crippen MR) is 155 cm³/mol. The number of phosphoric ester groups is 1. The van der Waals surface area contributed by atoms with Gasteiger partial charge < -0.3 is 50.3 Å². The number of hydrogen-bond donors (Lipinski definition) is 10. The second kappa shape index (κ2) is 14.3. The van der Waals surface area contributed by atoms with E-state index in [1.54, 1.807) is 0 Å². The molecule has 0 aromatic carbocycles. The number of carboxylic acids is 1. The summed E-state index contributed by atoms with van der Waals surface area (Å²) in [5, 5.41) is 65.0. The Labute approximate surface area is 272 Å². The first-order chi connectivity index (χ1) is 23.1. The highest BCUT2D eigenvalue weighted by Crippen LogP contribution is 2.45. The second-order valence-electron chi connectivity index (χ2n) is 10.9. The van der Waals surface area contributed by atoms with Crippen molar-refractivity contribution in [1.82, 2.24) is 34.4 Å². The van der Waals surface area contributed by atoms with Crippen LogP contribution in [0.1, 0.15) is 19.4 Å². The van der Waals surface area contributed by atoms with Crippen LogP contribution in [0.15, 0.2) is 34.5 Å². The lowest BCUT2D eigenvalue weighted by Crippen LogP contribution is -2.49. The molecular weight excluding hydrogens is 687 g/mol. The zero-order chi connectivity index (χ0) is 35.8. The number of amides is 2. The number of imidazole rings is 1. The molecule has 2 saturated heterocycles. The standard InChI is InChI=1S/C24H31N8O16P/c1-8(33)12(22(39)40)29-23(41)30-18-13-19(26-6-25-18)32(7-27-13)21-17(38)15(36)10(48-21)5-46-49(43,44)45-4-9-14(35)16(37)20(47-9)31-3-2-11(34)28-24(31)42/h2-3,6-10,12,14-17,20-21,33,35-38H,4-5H2,1H3,(H,39,40)(H,43,44)(H,28,34,42)(H2,25,26,29,30,41)/t8-,9+,10+,12?,14+,15+,16+,17+,20+,21+/m0/s1. The van der Waals surface area contributed by atoms with Gasteiger partial charge in [-0.25, -0.2) is 33.9 Å². The first-order valence-corrected chi connectivity index (χ1v) is 15.7. The number of carbonyl (C=O) groups is 2. The van der Waals surface area contributed by atoms with Crippen LogP contribution < -0.4 is 21.9 Å². The number of carbonyl (C=O) groups excluding carboxylic acids is 1. The van der Waals surface area contributed by atoms with Crippen molar-refractivity contribution in [3.8, 4) is 0 Å². The fourth-order valence-electron chi connectivity index (χ4n) is 5.00. The highest BCUT2D eigenvalue weighted by molar-refractivity contribution is 7.47. The van der Waals surface area contributed by atoms with Crippen LogP contribution in [-0.2, 0) is 27.9 Å². The molecule has 0 saturated carbocycles. The number of urea groups is 1. The fraction of sp³-hybridized carbons (Fsp3) is 0.542. The molecule has 24 nitrogen and oxygen atoms in total. The number of aliphatic hydroxyl groups is 5. The number of aromatic amines is 1. The van der Waals surface area contributed by atoms with Crippen molar-refractivity contribution < 1.29 is 68.2 Å². The monoisotopic (exact) mass is 718 g/mol. The molecule has 10 N–H and O–H groups in total. The lowest BCUT2D eigenvalue weighted by Gasteiger charge is -2.20. The molecule has 5 rings (SSSR count). The van der Waals surface area contributed by atoms with Gasteiger partial charge in [-0.15, -0.1) is 0 Å². The number of fused-ring (bicyclic) bond motifs is 1. The summed E-state index contributed by atoms with van der Waals surface area (Å²) in [5.41, 5.74) is -1.73. The van der Waals surface area contributed by atoms with E-state index in [1.807, 2.05) is 4.98 Å². The van der Waals surface area contributed by atoms with Gasteiger partial charge in [-0.1, -0.05) is 0 Å². The number of anilines is 1. The number of aromatic nitrogens is 6. The molecule has 0 spiro atoms. The van der Waals surface area contributed by atoms with Crippen LogP contribution in [0.25, 0.3) is 11.2 Å². The lowest BCUT2D eigenvalue weighted by atomic mass is 10.1. The number of H-pyrrole nitrogens is 1. The number of hydrogen-bond acceptors (Lipinski definition) is 17. The summed E-state index contributed by atoms with van der Waals surface area (Å²) in [5.74, 6) is -1.68. The van der Waals surface area contributed by atoms with E-state index in [9.17, 15) is 54.2 Å². The Morgan fingerprint density at radius 1 is 1.00 bits per heavy atom. The van der Waals surface area contributed by atoms with E-state index in [4.69, 9.17) is 23.6 Å². The van der Waals surface area contributed by atoms with Gasteiger partial charge in [-0.3, -0.25) is 33.3 Å². The van der Waals surface area contributed by atoms with E-state index in [2.05, 4.69) is 25.6 Å². The van der Waals surface area contributed by atoms with Gasteiger partial charge in [0.1, 0.15) is 43.0 Å². The average molecular weight is 719 g/mol. The van der Waals surface area contributed by atoms with E-state index in [0.29, 0.717) is 0 Å². The molecule has 11 atom stereocenters. The van der Waals surface area contributed by atoms with E-state index < -0.39 is 106 Å². The topological polar surface area (TPSA) is 352 Å². The average Bonchev–Trinajstić information content (AvgIpc) is 3.68. The largest absolute Gasteiger partial charge is 0.480 e. The van der Waals surface area contributed by atoms with Crippen molar-refractivity contribution in [2.24, 2.45) is 0 Å². The Hall–Kier alpha value is -4.20. The van der Waals surface area contributed by atoms with Crippen LogP contribution in [-0.4, -0.2) is 139 Å². The van der Waals surface area contributed by atoms with Crippen LogP contribution in [0.3, 0.4) is 0 Å². The molecule has 2 aliphatic rings. The summed E-state index contributed by atoms with van der Waals surface area (Å²) in [7, 11) is -4.96. The Bertz CT molecular complexity index is 1850. The number of nitrogens with zero attached hydrogens (tertiary/aromatic N) is 5. The van der Waals surface area contributed by atoms with E-state index in [0.717, 1.165) is 41.0 Å². The van der Waals surface area contributed by atoms with Crippen molar-refractivity contribution in [2.45, 2.75) is 68.1 Å². The number of ether oxygens (including phenoxy) is 2. The van der Waals surface area contributed by atoms with Crippen molar-refractivity contribution in [3.05, 3.63) is 45.8 Å². The van der Waals surface area contributed by atoms with Gasteiger partial charge in [-0.05, 0) is 6.92 Å². The van der Waals surface area contributed by atoms with Gasteiger partial charge in [-0.2, -0.15) is 0 Å². The van der Waals surface area contributed by atoms with Crippen LogP contribution in [0, 0.1) is 0 Å². The SMILES string of the molecule is C[C@H](O)C(NC(=O)Nc1ncnc2c1ncn2[C@@H]1O[C@H](COP(=O)(O)OC[C@H]2O[C@@H](n3ccc(=O)[nH]c3=O)[C@H](O)[C@@H]2O)[C@@H](O)[C@H]1O)C(=O)O. The summed E-state index contributed by atoms with van der Waals surface area (Å²) in [6.07, 6.45) is -10.7.